The maximum Gasteiger partial charge on any atom is 0.257 e. The minimum atomic E-state index is -0.465. The number of nitrogen functional groups attached to an aromatic ring is 1. The number of halogens is 1. The van der Waals surface area contributed by atoms with E-state index in [4.69, 9.17) is 15.0 Å². The summed E-state index contributed by atoms with van der Waals surface area (Å²) >= 11 is 0. The number of hydrogen-bond donors (Lipinski definition) is 1. The Balaban J connectivity index is 2.21. The zero-order valence-corrected chi connectivity index (χ0v) is 9.31. The molecule has 0 aliphatic rings. The molecule has 2 aromatic rings. The van der Waals surface area contributed by atoms with Gasteiger partial charge in [-0.2, -0.15) is 4.98 Å². The second-order valence-corrected chi connectivity index (χ2v) is 3.49. The van der Waals surface area contributed by atoms with Gasteiger partial charge in [0, 0.05) is 19.1 Å². The second-order valence-electron chi connectivity index (χ2n) is 3.49. The third kappa shape index (κ3) is 2.59. The van der Waals surface area contributed by atoms with Crippen molar-refractivity contribution in [2.24, 2.45) is 0 Å². The predicted octanol–water partition coefficient (Wildman–Crippen LogP) is 1.65. The fourth-order valence-electron chi connectivity index (χ4n) is 1.34. The molecule has 0 saturated heterocycles. The molecule has 0 saturated carbocycles. The van der Waals surface area contributed by atoms with Crippen LogP contribution in [-0.2, 0) is 11.2 Å². The van der Waals surface area contributed by atoms with E-state index in [1.54, 1.807) is 13.2 Å². The average Bonchev–Trinajstić information content (AvgIpc) is 2.79. The van der Waals surface area contributed by atoms with Crippen molar-refractivity contribution in [2.45, 2.75) is 6.42 Å². The summed E-state index contributed by atoms with van der Waals surface area (Å²) in [5, 5.41) is 3.78. The van der Waals surface area contributed by atoms with E-state index in [0.29, 0.717) is 30.3 Å². The summed E-state index contributed by atoms with van der Waals surface area (Å²) in [6, 6.07) is 4.27. The molecule has 0 atom stereocenters. The van der Waals surface area contributed by atoms with Crippen LogP contribution in [0.4, 0.5) is 10.1 Å². The SMILES string of the molecule is COCCc1noc(-c2ccc(F)c(N)c2)n1. The number of rotatable bonds is 4. The first-order valence-electron chi connectivity index (χ1n) is 5.07. The Morgan fingerprint density at radius 2 is 2.29 bits per heavy atom. The van der Waals surface area contributed by atoms with Crippen molar-refractivity contribution in [3.8, 4) is 11.5 Å². The Hall–Kier alpha value is -1.95. The van der Waals surface area contributed by atoms with Gasteiger partial charge in [0.1, 0.15) is 5.82 Å². The van der Waals surface area contributed by atoms with Gasteiger partial charge < -0.3 is 15.0 Å². The monoisotopic (exact) mass is 237 g/mol. The van der Waals surface area contributed by atoms with Crippen LogP contribution in [0.1, 0.15) is 5.82 Å². The number of benzene rings is 1. The zero-order chi connectivity index (χ0) is 12.3. The van der Waals surface area contributed by atoms with E-state index in [1.807, 2.05) is 0 Å². The van der Waals surface area contributed by atoms with E-state index in [1.165, 1.54) is 12.1 Å². The summed E-state index contributed by atoms with van der Waals surface area (Å²) in [4.78, 5) is 4.15. The van der Waals surface area contributed by atoms with E-state index >= 15 is 0 Å². The molecule has 0 aliphatic carbocycles. The first-order chi connectivity index (χ1) is 8.20. The molecular weight excluding hydrogens is 225 g/mol. The Morgan fingerprint density at radius 3 is 3.00 bits per heavy atom. The molecule has 1 heterocycles. The molecule has 1 aromatic heterocycles. The topological polar surface area (TPSA) is 74.2 Å². The largest absolute Gasteiger partial charge is 0.396 e. The molecular formula is C11H12FN3O2. The van der Waals surface area contributed by atoms with Crippen molar-refractivity contribution in [3.05, 3.63) is 29.8 Å². The quantitative estimate of drug-likeness (QED) is 0.818. The van der Waals surface area contributed by atoms with E-state index in [9.17, 15) is 4.39 Å². The molecule has 0 fully saturated rings. The lowest BCUT2D eigenvalue weighted by Crippen LogP contribution is -1.96. The van der Waals surface area contributed by atoms with Crippen molar-refractivity contribution in [1.82, 2.24) is 10.1 Å². The van der Waals surface area contributed by atoms with E-state index in [2.05, 4.69) is 10.1 Å². The summed E-state index contributed by atoms with van der Waals surface area (Å²) in [6.07, 6.45) is 0.566. The molecule has 0 amide bonds. The standard InChI is InChI=1S/C11H12FN3O2/c1-16-5-4-10-14-11(17-15-10)7-2-3-8(12)9(13)6-7/h2-3,6H,4-5,13H2,1H3. The Kier molecular flexibility index (Phi) is 3.34. The van der Waals surface area contributed by atoms with Gasteiger partial charge in [-0.05, 0) is 18.2 Å². The number of nitrogens with zero attached hydrogens (tertiary/aromatic N) is 2. The summed E-state index contributed by atoms with van der Waals surface area (Å²) in [7, 11) is 1.60. The van der Waals surface area contributed by atoms with Crippen LogP contribution < -0.4 is 5.73 Å². The zero-order valence-electron chi connectivity index (χ0n) is 9.31. The lowest BCUT2D eigenvalue weighted by molar-refractivity contribution is 0.199. The van der Waals surface area contributed by atoms with Crippen LogP contribution in [0.25, 0.3) is 11.5 Å². The molecule has 2 N–H and O–H groups in total. The fourth-order valence-corrected chi connectivity index (χ4v) is 1.34. The van der Waals surface area contributed by atoms with Crippen molar-refractivity contribution in [1.29, 1.82) is 0 Å². The highest BCUT2D eigenvalue weighted by Gasteiger charge is 2.10. The van der Waals surface area contributed by atoms with E-state index < -0.39 is 5.82 Å². The van der Waals surface area contributed by atoms with Gasteiger partial charge >= 0.3 is 0 Å². The van der Waals surface area contributed by atoms with E-state index in [0.717, 1.165) is 0 Å². The molecule has 0 radical (unpaired) electrons. The highest BCUT2D eigenvalue weighted by atomic mass is 19.1. The second kappa shape index (κ2) is 4.92. The number of anilines is 1. The molecule has 17 heavy (non-hydrogen) atoms. The number of hydrogen-bond acceptors (Lipinski definition) is 5. The van der Waals surface area contributed by atoms with Gasteiger partial charge in [-0.1, -0.05) is 5.16 Å². The summed E-state index contributed by atoms with van der Waals surface area (Å²) in [5.74, 6) is 0.403. The van der Waals surface area contributed by atoms with Crippen LogP contribution in [0.5, 0.6) is 0 Å². The highest BCUT2D eigenvalue weighted by molar-refractivity contribution is 5.59. The smallest absolute Gasteiger partial charge is 0.257 e. The van der Waals surface area contributed by atoms with Gasteiger partial charge in [0.25, 0.3) is 5.89 Å². The molecule has 0 aliphatic heterocycles. The van der Waals surface area contributed by atoms with E-state index in [-0.39, 0.29) is 5.69 Å². The molecule has 0 bridgehead atoms. The number of nitrogens with two attached hydrogens (primary N) is 1. The minimum absolute atomic E-state index is 0.0548. The minimum Gasteiger partial charge on any atom is -0.396 e. The van der Waals surface area contributed by atoms with Gasteiger partial charge in [0.2, 0.25) is 0 Å². The van der Waals surface area contributed by atoms with Crippen LogP contribution in [0.2, 0.25) is 0 Å². The number of methoxy groups -OCH3 is 1. The van der Waals surface area contributed by atoms with Gasteiger partial charge in [-0.15, -0.1) is 0 Å². The molecule has 0 unspecified atom stereocenters. The van der Waals surface area contributed by atoms with Crippen molar-refractivity contribution < 1.29 is 13.7 Å². The van der Waals surface area contributed by atoms with Gasteiger partial charge in [0.15, 0.2) is 5.82 Å². The maximum atomic E-state index is 13.0. The third-order valence-corrected chi connectivity index (χ3v) is 2.24. The predicted molar refractivity (Wildman–Crippen MR) is 59.7 cm³/mol. The van der Waals surface area contributed by atoms with Crippen LogP contribution in [0, 0.1) is 5.82 Å². The number of aromatic nitrogens is 2. The molecule has 1 aromatic carbocycles. The summed E-state index contributed by atoms with van der Waals surface area (Å²) in [6.45, 7) is 0.518. The lowest BCUT2D eigenvalue weighted by atomic mass is 10.2. The number of ether oxygens (including phenoxy) is 1. The molecule has 2 rings (SSSR count). The first kappa shape index (κ1) is 11.5. The van der Waals surface area contributed by atoms with Crippen LogP contribution in [-0.4, -0.2) is 23.9 Å². The summed E-state index contributed by atoms with van der Waals surface area (Å²) in [5.41, 5.74) is 6.11. The van der Waals surface area contributed by atoms with Crippen molar-refractivity contribution >= 4 is 5.69 Å². The molecule has 6 heteroatoms. The Bertz CT molecular complexity index is 513. The molecule has 5 nitrogen and oxygen atoms in total. The average molecular weight is 237 g/mol. The van der Waals surface area contributed by atoms with Crippen molar-refractivity contribution in [2.75, 3.05) is 19.5 Å². The molecule has 90 valence electrons. The normalized spacial score (nSPS) is 10.7. The lowest BCUT2D eigenvalue weighted by Gasteiger charge is -1.97. The molecule has 0 spiro atoms. The Morgan fingerprint density at radius 1 is 1.47 bits per heavy atom. The van der Waals surface area contributed by atoms with Crippen LogP contribution in [0.15, 0.2) is 22.7 Å². The van der Waals surface area contributed by atoms with Crippen LogP contribution >= 0.6 is 0 Å². The fraction of sp³-hybridized carbons (Fsp3) is 0.273. The van der Waals surface area contributed by atoms with Gasteiger partial charge in [-0.25, -0.2) is 4.39 Å². The first-order valence-corrected chi connectivity index (χ1v) is 5.07. The van der Waals surface area contributed by atoms with Crippen molar-refractivity contribution in [3.63, 3.8) is 0 Å². The van der Waals surface area contributed by atoms with Gasteiger partial charge in [0.05, 0.1) is 12.3 Å². The summed E-state index contributed by atoms with van der Waals surface area (Å²) < 4.78 is 22.9. The van der Waals surface area contributed by atoms with Crippen LogP contribution in [0.3, 0.4) is 0 Å². The van der Waals surface area contributed by atoms with Gasteiger partial charge in [-0.3, -0.25) is 0 Å². The maximum absolute atomic E-state index is 13.0. The third-order valence-electron chi connectivity index (χ3n) is 2.24. The highest BCUT2D eigenvalue weighted by Crippen LogP contribution is 2.21. The Labute approximate surface area is 97.4 Å².